The van der Waals surface area contributed by atoms with E-state index >= 15 is 0 Å². The molecular formula is C6H14N2O3. The highest BCUT2D eigenvalue weighted by molar-refractivity contribution is 4.63. The second-order valence-corrected chi connectivity index (χ2v) is 2.19. The molecule has 1 rings (SSSR count). The van der Waals surface area contributed by atoms with Crippen LogP contribution >= 0.6 is 0 Å². The predicted molar refractivity (Wildman–Crippen MR) is 40.5 cm³/mol. The number of hydrogen-bond acceptors (Lipinski definition) is 4. The van der Waals surface area contributed by atoms with Gasteiger partial charge < -0.3 is 15.3 Å². The molecule has 0 aromatic heterocycles. The lowest BCUT2D eigenvalue weighted by atomic mass is 10.2. The molecule has 11 heavy (non-hydrogen) atoms. The molecule has 0 amide bonds. The molecule has 0 spiro atoms. The molecule has 1 fully saturated rings. The lowest BCUT2D eigenvalue weighted by molar-refractivity contribution is 0.0267. The molecule has 1 aliphatic rings. The normalized spacial score (nSPS) is 23.2. The minimum Gasteiger partial charge on any atom is -0.379 e. The van der Waals surface area contributed by atoms with Gasteiger partial charge in [0.05, 0.1) is 12.7 Å². The Kier molecular flexibility index (Phi) is 6.97. The highest BCUT2D eigenvalue weighted by Gasteiger charge is 2.08. The Hall–Kier alpha value is -0.680. The van der Waals surface area contributed by atoms with Crippen molar-refractivity contribution in [2.24, 2.45) is 5.34 Å². The number of hydrogen-bond donors (Lipinski definition) is 2. The topological polar surface area (TPSA) is 70.9 Å². The van der Waals surface area contributed by atoms with Crippen LogP contribution in [0.25, 0.3) is 0 Å². The number of rotatable bonds is 1. The first kappa shape index (κ1) is 10.3. The number of nitrogens with one attached hydrogen (secondary N) is 1. The van der Waals surface area contributed by atoms with Gasteiger partial charge in [-0.1, -0.05) is 6.92 Å². The molecule has 1 atom stereocenters. The van der Waals surface area contributed by atoms with Crippen molar-refractivity contribution in [1.29, 1.82) is 0 Å². The zero-order valence-electron chi connectivity index (χ0n) is 6.62. The van der Waals surface area contributed by atoms with Crippen molar-refractivity contribution in [3.63, 3.8) is 0 Å². The largest absolute Gasteiger partial charge is 0.379 e. The van der Waals surface area contributed by atoms with Gasteiger partial charge in [0.25, 0.3) is 0 Å². The van der Waals surface area contributed by atoms with Crippen molar-refractivity contribution in [2.75, 3.05) is 19.7 Å². The van der Waals surface area contributed by atoms with Gasteiger partial charge in [-0.3, -0.25) is 0 Å². The molecule has 1 aliphatic heterocycles. The van der Waals surface area contributed by atoms with Gasteiger partial charge in [0, 0.05) is 13.1 Å². The number of nitrogens with zero attached hydrogens (tertiary/aromatic N) is 1. The molecule has 0 bridgehead atoms. The fraction of sp³-hybridized carbons (Fsp3) is 1.00. The van der Waals surface area contributed by atoms with Crippen molar-refractivity contribution in [2.45, 2.75) is 19.4 Å². The number of ether oxygens (including phenoxy) is 1. The van der Waals surface area contributed by atoms with Gasteiger partial charge in [-0.05, 0) is 6.42 Å². The molecule has 66 valence electrons. The van der Waals surface area contributed by atoms with E-state index in [1.165, 1.54) is 5.34 Å². The Bertz CT molecular complexity index is 93.8. The third-order valence-corrected chi connectivity index (χ3v) is 1.46. The highest BCUT2D eigenvalue weighted by atomic mass is 16.6. The molecular weight excluding hydrogens is 148 g/mol. The summed E-state index contributed by atoms with van der Waals surface area (Å²) in [6, 6.07) is 0. The van der Waals surface area contributed by atoms with E-state index in [4.69, 9.17) is 14.9 Å². The average molecular weight is 162 g/mol. The summed E-state index contributed by atoms with van der Waals surface area (Å²) in [4.78, 5) is 8.11. The first-order valence-corrected chi connectivity index (χ1v) is 3.64. The van der Waals surface area contributed by atoms with Gasteiger partial charge in [0.1, 0.15) is 0 Å². The molecule has 5 nitrogen and oxygen atoms in total. The summed E-state index contributed by atoms with van der Waals surface area (Å²) in [5.41, 5.74) is 0. The van der Waals surface area contributed by atoms with Crippen LogP contribution in [0.2, 0.25) is 0 Å². The van der Waals surface area contributed by atoms with Crippen LogP contribution in [0.4, 0.5) is 0 Å². The van der Waals surface area contributed by atoms with Crippen LogP contribution in [0, 0.1) is 4.91 Å². The minimum atomic E-state index is 0.476. The first-order chi connectivity index (χ1) is 5.35. The Balaban J connectivity index is 0.000000292. The molecule has 5 heteroatoms. The minimum absolute atomic E-state index is 0.476. The summed E-state index contributed by atoms with van der Waals surface area (Å²) in [7, 11) is 0. The second-order valence-electron chi connectivity index (χ2n) is 2.19. The first-order valence-electron chi connectivity index (χ1n) is 3.64. The predicted octanol–water partition coefficient (Wildman–Crippen LogP) is 0.527. The van der Waals surface area contributed by atoms with E-state index < -0.39 is 0 Å². The molecule has 1 unspecified atom stereocenters. The van der Waals surface area contributed by atoms with E-state index in [0.29, 0.717) is 6.10 Å². The molecule has 0 aromatic rings. The summed E-state index contributed by atoms with van der Waals surface area (Å²) < 4.78 is 5.36. The van der Waals surface area contributed by atoms with Crippen molar-refractivity contribution in [3.8, 4) is 0 Å². The fourth-order valence-corrected chi connectivity index (χ4v) is 0.882. The average Bonchev–Trinajstić information content (AvgIpc) is 2.08. The third-order valence-electron chi connectivity index (χ3n) is 1.46. The summed E-state index contributed by atoms with van der Waals surface area (Å²) in [6.07, 6.45) is 1.61. The van der Waals surface area contributed by atoms with E-state index in [0.717, 1.165) is 26.1 Å². The maximum Gasteiger partial charge on any atom is 0.152 e. The van der Waals surface area contributed by atoms with E-state index in [1.54, 1.807) is 0 Å². The molecule has 0 saturated carbocycles. The Morgan fingerprint density at radius 1 is 1.82 bits per heavy atom. The van der Waals surface area contributed by atoms with E-state index in [-0.39, 0.29) is 0 Å². The maximum atomic E-state index is 8.11. The van der Waals surface area contributed by atoms with Gasteiger partial charge in [-0.2, -0.15) is 0 Å². The molecule has 0 aromatic carbocycles. The summed E-state index contributed by atoms with van der Waals surface area (Å²) in [5.74, 6) is 0. The molecule has 1 heterocycles. The van der Waals surface area contributed by atoms with Crippen LogP contribution in [0.1, 0.15) is 13.3 Å². The van der Waals surface area contributed by atoms with Gasteiger partial charge in [-0.15, -0.1) is 4.91 Å². The summed E-state index contributed by atoms with van der Waals surface area (Å²) in [5, 5.41) is 11.1. The molecule has 1 saturated heterocycles. The van der Waals surface area contributed by atoms with Crippen molar-refractivity contribution in [3.05, 3.63) is 4.91 Å². The fourth-order valence-electron chi connectivity index (χ4n) is 0.882. The quantitative estimate of drug-likeness (QED) is 0.435. The van der Waals surface area contributed by atoms with Gasteiger partial charge >= 0.3 is 0 Å². The van der Waals surface area contributed by atoms with E-state index in [2.05, 4.69) is 12.2 Å². The maximum absolute atomic E-state index is 8.11. The third kappa shape index (κ3) is 5.75. The van der Waals surface area contributed by atoms with Crippen molar-refractivity contribution >= 4 is 0 Å². The van der Waals surface area contributed by atoms with Crippen molar-refractivity contribution in [1.82, 2.24) is 5.32 Å². The molecule has 0 aliphatic carbocycles. The second kappa shape index (κ2) is 7.43. The van der Waals surface area contributed by atoms with Crippen LogP contribution in [0.15, 0.2) is 5.34 Å². The Labute approximate surface area is 65.7 Å². The Morgan fingerprint density at radius 3 is 2.73 bits per heavy atom. The standard InChI is InChI=1S/C6H13NO.HNO2/c1-2-6-5-7-3-4-8-6;2-1-3/h6-7H,2-5H2,1H3;(H,2,3). The number of morpholine rings is 1. The summed E-state index contributed by atoms with van der Waals surface area (Å²) >= 11 is 0. The monoisotopic (exact) mass is 162 g/mol. The lowest BCUT2D eigenvalue weighted by Crippen LogP contribution is -2.37. The van der Waals surface area contributed by atoms with Crippen molar-refractivity contribution < 1.29 is 9.94 Å². The van der Waals surface area contributed by atoms with Crippen LogP contribution in [-0.4, -0.2) is 31.0 Å². The van der Waals surface area contributed by atoms with Crippen LogP contribution in [-0.2, 0) is 4.74 Å². The van der Waals surface area contributed by atoms with E-state index in [1.807, 2.05) is 0 Å². The van der Waals surface area contributed by atoms with Crippen LogP contribution < -0.4 is 5.32 Å². The Morgan fingerprint density at radius 2 is 2.45 bits per heavy atom. The summed E-state index contributed by atoms with van der Waals surface area (Å²) in [6.45, 7) is 5.10. The zero-order valence-corrected chi connectivity index (χ0v) is 6.62. The van der Waals surface area contributed by atoms with E-state index in [9.17, 15) is 0 Å². The van der Waals surface area contributed by atoms with Crippen LogP contribution in [0.5, 0.6) is 0 Å². The smallest absolute Gasteiger partial charge is 0.152 e. The van der Waals surface area contributed by atoms with Gasteiger partial charge in [0.15, 0.2) is 5.34 Å². The molecule has 2 N–H and O–H groups in total. The molecule has 0 radical (unpaired) electrons. The lowest BCUT2D eigenvalue weighted by Gasteiger charge is -2.21. The van der Waals surface area contributed by atoms with Gasteiger partial charge in [0.2, 0.25) is 0 Å². The van der Waals surface area contributed by atoms with Gasteiger partial charge in [-0.25, -0.2) is 0 Å². The SMILES string of the molecule is CCC1CNCCO1.O=NO. The van der Waals surface area contributed by atoms with Crippen LogP contribution in [0.3, 0.4) is 0 Å². The zero-order chi connectivity index (χ0) is 8.53. The highest BCUT2D eigenvalue weighted by Crippen LogP contribution is 1.98.